The zero-order chi connectivity index (χ0) is 13.8. The van der Waals surface area contributed by atoms with Crippen molar-refractivity contribution in [2.75, 3.05) is 0 Å². The molecule has 0 N–H and O–H groups in total. The molecule has 0 aromatic heterocycles. The fourth-order valence-corrected chi connectivity index (χ4v) is 1.28. The first-order valence-electron chi connectivity index (χ1n) is 6.71. The molecule has 118 valence electrons. The molecule has 1 nitrogen and oxygen atoms in total. The van der Waals surface area contributed by atoms with Gasteiger partial charge in [-0.15, -0.1) is 37.7 Å². The molecule has 0 aromatic rings. The van der Waals surface area contributed by atoms with Gasteiger partial charge in [0.15, 0.2) is 0 Å². The maximum absolute atomic E-state index is 2.99. The number of rotatable bonds is 2. The van der Waals surface area contributed by atoms with E-state index in [-0.39, 0.29) is 51.0 Å². The summed E-state index contributed by atoms with van der Waals surface area (Å²) in [4.78, 5) is 0. The van der Waals surface area contributed by atoms with Crippen molar-refractivity contribution in [3.8, 4) is 0 Å². The molecular weight excluding hydrogens is 483 g/mol. The average molecular weight is 511 g/mol. The Morgan fingerprint density at radius 2 is 1.19 bits per heavy atom. The third kappa shape index (κ3) is 21.3. The quantitative estimate of drug-likeness (QED) is 0.505. The molecule has 0 heterocycles. The molecule has 0 spiro atoms. The molecule has 0 atom stereocenters. The molecule has 0 aromatic carbocycles. The number of hydrogen-bond donors (Lipinski definition) is 0. The van der Waals surface area contributed by atoms with Gasteiger partial charge in [0, 0.05) is 0 Å². The number of nitrogens with zero attached hydrogens (tertiary/aromatic N) is 1. The Kier molecular flexibility index (Phi) is 30.5. The van der Waals surface area contributed by atoms with Crippen molar-refractivity contribution in [3.05, 3.63) is 48.6 Å². The van der Waals surface area contributed by atoms with Crippen LogP contribution in [0, 0.1) is 12.2 Å². The van der Waals surface area contributed by atoms with Crippen LogP contribution in [0.15, 0.2) is 36.5 Å². The first kappa shape index (κ1) is 30.2. The van der Waals surface area contributed by atoms with E-state index in [0.717, 1.165) is 24.9 Å². The van der Waals surface area contributed by atoms with Crippen molar-refractivity contribution in [1.29, 1.82) is 0 Å². The Bertz CT molecular complexity index is 263. The standard InChI is InChI=1S/C6H14N.2C5H5.2ClH.In.Zr.2H/c1-5(2)7-6(3)4;2*1-2-4-5-3-1;;;;;;/h5-6H,1-4H3;2*1-3H,4H2;2*1H;;;;/q3*-1;;;+1;+2;;. The van der Waals surface area contributed by atoms with E-state index in [1.807, 2.05) is 24.3 Å². The minimum absolute atomic E-state index is 0. The molecule has 0 fully saturated rings. The molecule has 2 aliphatic carbocycles. The summed E-state index contributed by atoms with van der Waals surface area (Å²) in [5.74, 6) is 0. The van der Waals surface area contributed by atoms with Crippen LogP contribution in [0.5, 0.6) is 0 Å². The first-order chi connectivity index (χ1) is 8.55. The van der Waals surface area contributed by atoms with E-state index in [2.05, 4.69) is 54.9 Å². The Morgan fingerprint density at radius 3 is 1.24 bits per heavy atom. The molecule has 2 rings (SSSR count). The Hall–Kier alpha value is 1.25. The largest absolute Gasteiger partial charge is 2.00 e. The summed E-state index contributed by atoms with van der Waals surface area (Å²) in [6, 6.07) is 1.54. The summed E-state index contributed by atoms with van der Waals surface area (Å²) in [7, 11) is 0. The van der Waals surface area contributed by atoms with Crippen LogP contribution < -0.4 is 0 Å². The molecule has 21 heavy (non-hydrogen) atoms. The van der Waals surface area contributed by atoms with Crippen LogP contribution in [0.4, 0.5) is 0 Å². The van der Waals surface area contributed by atoms with Gasteiger partial charge in [-0.3, -0.25) is 12.2 Å². The van der Waals surface area contributed by atoms with Gasteiger partial charge >= 0.3 is 93.5 Å². The summed E-state index contributed by atoms with van der Waals surface area (Å²) in [5.41, 5.74) is 0. The molecule has 0 radical (unpaired) electrons. The van der Waals surface area contributed by atoms with E-state index >= 15 is 0 Å². The van der Waals surface area contributed by atoms with Gasteiger partial charge in [-0.1, -0.05) is 0 Å². The van der Waals surface area contributed by atoms with Crippen LogP contribution >= 0.6 is 24.8 Å². The molecule has 0 bridgehead atoms. The van der Waals surface area contributed by atoms with Gasteiger partial charge in [-0.05, 0) is 0 Å². The van der Waals surface area contributed by atoms with Crippen molar-refractivity contribution < 1.29 is 26.2 Å². The molecule has 0 amide bonds. The average Bonchev–Trinajstić information content (AvgIpc) is 3.05. The van der Waals surface area contributed by atoms with Crippen LogP contribution in [0.25, 0.3) is 0 Å². The van der Waals surface area contributed by atoms with Crippen molar-refractivity contribution in [2.24, 2.45) is 0 Å². The van der Waals surface area contributed by atoms with Gasteiger partial charge in [-0.25, -0.2) is 24.3 Å². The van der Waals surface area contributed by atoms with E-state index in [4.69, 9.17) is 0 Å². The van der Waals surface area contributed by atoms with E-state index in [1.54, 1.807) is 0 Å². The normalized spacial score (nSPS) is 12.9. The molecule has 2 aliphatic rings. The summed E-state index contributed by atoms with van der Waals surface area (Å²) in [6.45, 7) is 9.04. The molecule has 0 unspecified atom stereocenters. The van der Waals surface area contributed by atoms with Crippen molar-refractivity contribution >= 4 is 49.5 Å². The van der Waals surface area contributed by atoms with Crippen LogP contribution in [0.2, 0.25) is 0 Å². The zero-order valence-corrected chi connectivity index (χ0v) is 23.6. The molecular formula is C16H28Cl2InNZr. The Labute approximate surface area is 178 Å². The van der Waals surface area contributed by atoms with Gasteiger partial charge in [0.05, 0.1) is 0 Å². The predicted molar refractivity (Wildman–Crippen MR) is 98.3 cm³/mol. The van der Waals surface area contributed by atoms with Crippen LogP contribution in [-0.4, -0.2) is 39.6 Å². The summed E-state index contributed by atoms with van der Waals surface area (Å²) >= 11 is 0.701. The topological polar surface area (TPSA) is 3.24 Å². The third-order valence-corrected chi connectivity index (χ3v) is 8.70. The maximum atomic E-state index is 2.99. The number of halogens is 2. The predicted octanol–water partition coefficient (Wildman–Crippen LogP) is 4.11. The number of allylic oxidation sites excluding steroid dienone is 8. The second-order valence-corrected chi connectivity index (χ2v) is 7.81. The van der Waals surface area contributed by atoms with E-state index in [9.17, 15) is 0 Å². The summed E-state index contributed by atoms with van der Waals surface area (Å²) in [6.07, 6.45) is 20.0. The zero-order valence-electron chi connectivity index (χ0n) is 13.8. The summed E-state index contributed by atoms with van der Waals surface area (Å²) < 4.78 is 2.54. The number of hydrogen-bond acceptors (Lipinski definition) is 1. The van der Waals surface area contributed by atoms with Gasteiger partial charge in [0.1, 0.15) is 0 Å². The maximum Gasteiger partial charge on any atom is 2.00 e. The monoisotopic (exact) mass is 509 g/mol. The molecule has 0 aliphatic heterocycles. The Balaban J connectivity index is -0.0000000989. The van der Waals surface area contributed by atoms with Crippen molar-refractivity contribution in [2.45, 2.75) is 52.6 Å². The SMILES string of the molecule is CC(C)[N]([InH2])C(C)C.Cl.Cl.[C-]1=CC=CC1.[C-]1=CC=CC1.[Zr+2]. The van der Waals surface area contributed by atoms with Crippen LogP contribution in [-0.2, 0) is 26.2 Å². The van der Waals surface area contributed by atoms with Gasteiger partial charge in [0.25, 0.3) is 0 Å². The summed E-state index contributed by atoms with van der Waals surface area (Å²) in [5, 5.41) is 0. The molecule has 0 saturated heterocycles. The van der Waals surface area contributed by atoms with E-state index in [1.165, 1.54) is 0 Å². The molecule has 0 saturated carbocycles. The van der Waals surface area contributed by atoms with E-state index in [0.29, 0.717) is 24.7 Å². The fourth-order valence-electron chi connectivity index (χ4n) is 1.28. The first-order valence-corrected chi connectivity index (χ1v) is 9.26. The molecule has 5 heteroatoms. The van der Waals surface area contributed by atoms with Crippen molar-refractivity contribution in [1.82, 2.24) is 2.89 Å². The van der Waals surface area contributed by atoms with E-state index < -0.39 is 0 Å². The van der Waals surface area contributed by atoms with Crippen LogP contribution in [0.1, 0.15) is 40.5 Å². The Morgan fingerprint density at radius 1 is 0.857 bits per heavy atom. The smallest absolute Gasteiger partial charge is 0.273 e. The second-order valence-electron chi connectivity index (χ2n) is 4.86. The van der Waals surface area contributed by atoms with Gasteiger partial charge < -0.3 is 0 Å². The van der Waals surface area contributed by atoms with Crippen LogP contribution in [0.3, 0.4) is 0 Å². The minimum atomic E-state index is 0. The van der Waals surface area contributed by atoms with Gasteiger partial charge in [0.2, 0.25) is 0 Å². The van der Waals surface area contributed by atoms with Crippen molar-refractivity contribution in [3.63, 3.8) is 0 Å². The second kappa shape index (κ2) is 21.3. The van der Waals surface area contributed by atoms with Gasteiger partial charge in [-0.2, -0.15) is 12.2 Å². The minimum Gasteiger partial charge on any atom is -0.273 e. The fraction of sp³-hybridized carbons (Fsp3) is 0.500. The third-order valence-electron chi connectivity index (χ3n) is 2.80.